The number of rotatable bonds is 7. The van der Waals surface area contributed by atoms with Crippen molar-refractivity contribution < 1.29 is 14.5 Å². The second-order valence-corrected chi connectivity index (χ2v) is 8.94. The lowest BCUT2D eigenvalue weighted by atomic mass is 9.80. The van der Waals surface area contributed by atoms with Gasteiger partial charge in [0.25, 0.3) is 5.69 Å². The molecule has 162 valence electrons. The van der Waals surface area contributed by atoms with E-state index in [0.717, 1.165) is 16.2 Å². The molecule has 0 aromatic heterocycles. The van der Waals surface area contributed by atoms with Gasteiger partial charge in [0.2, 0.25) is 0 Å². The minimum Gasteiger partial charge on any atom is -0.353 e. The van der Waals surface area contributed by atoms with E-state index in [2.05, 4.69) is 27.3 Å². The topological polar surface area (TPSA) is 113 Å². The molecule has 3 rings (SSSR count). The zero-order valence-electron chi connectivity index (χ0n) is 17.2. The molecule has 9 heteroatoms. The third kappa shape index (κ3) is 4.82. The molecule has 0 saturated carbocycles. The summed E-state index contributed by atoms with van der Waals surface area (Å²) >= 11 is 4.47. The second-order valence-electron chi connectivity index (χ2n) is 7.04. The van der Waals surface area contributed by atoms with Gasteiger partial charge in [-0.1, -0.05) is 58.0 Å². The molecule has 0 saturated heterocycles. The molecule has 7 nitrogen and oxygen atoms in total. The van der Waals surface area contributed by atoms with Gasteiger partial charge in [-0.05, 0) is 26.0 Å². The van der Waals surface area contributed by atoms with Gasteiger partial charge in [-0.3, -0.25) is 19.7 Å². The van der Waals surface area contributed by atoms with Gasteiger partial charge in [0.15, 0.2) is 11.6 Å². The second kappa shape index (κ2) is 9.94. The van der Waals surface area contributed by atoms with Crippen LogP contribution in [0.2, 0.25) is 0 Å². The van der Waals surface area contributed by atoms with Crippen LogP contribution in [-0.2, 0) is 4.79 Å². The number of carbonyl (C=O) groups excluding carboxylic acids is 2. The number of Topliss-reactive ketones (excluding diaryl/α,β-unsaturated/α-hetero) is 2. The van der Waals surface area contributed by atoms with Gasteiger partial charge < -0.3 is 5.32 Å². The number of ketones is 2. The SMILES string of the molecule is CC(=O)C1=C(C)NC(SCC(=O)c2ccc(Br)cc2)=C(C#N)[C@H]1c1ccccc1[N+](=O)[O-]. The number of para-hydroxylation sites is 1. The number of nitro groups is 1. The highest BCUT2D eigenvalue weighted by Gasteiger charge is 2.36. The van der Waals surface area contributed by atoms with Crippen molar-refractivity contribution in [2.45, 2.75) is 19.8 Å². The first kappa shape index (κ1) is 23.4. The Morgan fingerprint density at radius 2 is 1.88 bits per heavy atom. The Hall–Kier alpha value is -3.22. The molecular weight excluding hydrogens is 494 g/mol. The molecule has 0 amide bonds. The van der Waals surface area contributed by atoms with Gasteiger partial charge >= 0.3 is 0 Å². The minimum atomic E-state index is -0.898. The number of benzene rings is 2. The van der Waals surface area contributed by atoms with Crippen LogP contribution in [0.25, 0.3) is 0 Å². The van der Waals surface area contributed by atoms with Crippen LogP contribution in [0.3, 0.4) is 0 Å². The minimum absolute atomic E-state index is 0.0570. The highest BCUT2D eigenvalue weighted by atomic mass is 79.9. The van der Waals surface area contributed by atoms with E-state index in [4.69, 9.17) is 0 Å². The monoisotopic (exact) mass is 511 g/mol. The maximum atomic E-state index is 12.6. The van der Waals surface area contributed by atoms with Crippen LogP contribution in [-0.4, -0.2) is 22.2 Å². The number of nitro benzene ring substituents is 1. The predicted molar refractivity (Wildman–Crippen MR) is 126 cm³/mol. The molecule has 0 fully saturated rings. The molecule has 2 aromatic rings. The van der Waals surface area contributed by atoms with E-state index in [1.54, 1.807) is 43.3 Å². The quantitative estimate of drug-likeness (QED) is 0.306. The van der Waals surface area contributed by atoms with Gasteiger partial charge in [-0.25, -0.2) is 0 Å². The Bertz CT molecular complexity index is 1210. The number of nitrogens with zero attached hydrogens (tertiary/aromatic N) is 2. The summed E-state index contributed by atoms with van der Waals surface area (Å²) in [6.07, 6.45) is 0. The molecule has 0 bridgehead atoms. The van der Waals surface area contributed by atoms with E-state index in [9.17, 15) is 25.0 Å². The number of thioether (sulfide) groups is 1. The summed E-state index contributed by atoms with van der Waals surface area (Å²) in [7, 11) is 0. The van der Waals surface area contributed by atoms with Gasteiger partial charge in [0.1, 0.15) is 0 Å². The summed E-state index contributed by atoms with van der Waals surface area (Å²) in [6.45, 7) is 3.05. The maximum absolute atomic E-state index is 12.6. The van der Waals surface area contributed by atoms with E-state index < -0.39 is 10.8 Å². The molecule has 0 radical (unpaired) electrons. The van der Waals surface area contributed by atoms with Crippen molar-refractivity contribution in [3.05, 3.63) is 96.1 Å². The highest BCUT2D eigenvalue weighted by molar-refractivity contribution is 9.10. The van der Waals surface area contributed by atoms with Crippen molar-refractivity contribution in [1.82, 2.24) is 5.32 Å². The molecule has 1 atom stereocenters. The molecule has 2 aromatic carbocycles. The van der Waals surface area contributed by atoms with Crippen LogP contribution < -0.4 is 5.32 Å². The molecular formula is C23H18BrN3O4S. The van der Waals surface area contributed by atoms with E-state index in [0.29, 0.717) is 21.9 Å². The molecule has 1 heterocycles. The first-order valence-corrected chi connectivity index (χ1v) is 11.3. The Labute approximate surface area is 197 Å². The number of allylic oxidation sites excluding steroid dienone is 3. The van der Waals surface area contributed by atoms with Crippen molar-refractivity contribution in [1.29, 1.82) is 5.26 Å². The Morgan fingerprint density at radius 1 is 1.22 bits per heavy atom. The Morgan fingerprint density at radius 3 is 2.47 bits per heavy atom. The number of nitrogens with one attached hydrogen (secondary N) is 1. The largest absolute Gasteiger partial charge is 0.353 e. The third-order valence-electron chi connectivity index (χ3n) is 4.99. The fourth-order valence-corrected chi connectivity index (χ4v) is 4.81. The third-order valence-corrected chi connectivity index (χ3v) is 6.53. The van der Waals surface area contributed by atoms with Crippen LogP contribution in [0.1, 0.15) is 35.7 Å². The van der Waals surface area contributed by atoms with Gasteiger partial charge in [-0.2, -0.15) is 5.26 Å². The summed E-state index contributed by atoms with van der Waals surface area (Å²) in [5.74, 6) is -1.26. The Kier molecular flexibility index (Phi) is 7.28. The highest BCUT2D eigenvalue weighted by Crippen LogP contribution is 2.43. The lowest BCUT2D eigenvalue weighted by Gasteiger charge is -2.29. The number of nitriles is 1. The molecule has 0 unspecified atom stereocenters. The van der Waals surface area contributed by atoms with Crippen LogP contribution in [0, 0.1) is 21.4 Å². The molecule has 1 N–H and O–H groups in total. The fraction of sp³-hybridized carbons (Fsp3) is 0.174. The van der Waals surface area contributed by atoms with E-state index in [-0.39, 0.29) is 34.1 Å². The number of carbonyl (C=O) groups is 2. The summed E-state index contributed by atoms with van der Waals surface area (Å²) < 4.78 is 0.856. The first-order valence-electron chi connectivity index (χ1n) is 9.52. The van der Waals surface area contributed by atoms with Crippen LogP contribution in [0.4, 0.5) is 5.69 Å². The standard InChI is InChI=1S/C23H18BrN3O4S/c1-13-21(14(2)28)22(17-5-3-4-6-19(17)27(30)31)18(11-25)23(26-13)32-12-20(29)15-7-9-16(24)10-8-15/h3-10,22,26H,12H2,1-2H3/t22-/m1/s1. The smallest absolute Gasteiger partial charge is 0.273 e. The summed E-state index contributed by atoms with van der Waals surface area (Å²) in [6, 6.07) is 15.1. The van der Waals surface area contributed by atoms with Crippen LogP contribution in [0.5, 0.6) is 0 Å². The zero-order chi connectivity index (χ0) is 23.4. The van der Waals surface area contributed by atoms with E-state index in [1.807, 2.05) is 0 Å². The van der Waals surface area contributed by atoms with E-state index in [1.165, 1.54) is 19.1 Å². The normalized spacial score (nSPS) is 15.8. The number of hydrogen-bond donors (Lipinski definition) is 1. The number of hydrogen-bond acceptors (Lipinski definition) is 7. The summed E-state index contributed by atoms with van der Waals surface area (Å²) in [5.41, 5.74) is 1.58. The number of dihydropyridines is 1. The van der Waals surface area contributed by atoms with E-state index >= 15 is 0 Å². The van der Waals surface area contributed by atoms with Crippen molar-refractivity contribution >= 4 is 44.9 Å². The van der Waals surface area contributed by atoms with Crippen molar-refractivity contribution in [3.63, 3.8) is 0 Å². The molecule has 1 aliphatic heterocycles. The van der Waals surface area contributed by atoms with Gasteiger partial charge in [-0.15, -0.1) is 0 Å². The summed E-state index contributed by atoms with van der Waals surface area (Å²) in [5, 5.41) is 25.1. The Balaban J connectivity index is 2.03. The molecule has 32 heavy (non-hydrogen) atoms. The maximum Gasteiger partial charge on any atom is 0.273 e. The van der Waals surface area contributed by atoms with Crippen molar-refractivity contribution in [2.24, 2.45) is 0 Å². The van der Waals surface area contributed by atoms with Gasteiger partial charge in [0.05, 0.1) is 33.3 Å². The molecule has 0 aliphatic carbocycles. The average molecular weight is 512 g/mol. The lowest BCUT2D eigenvalue weighted by Crippen LogP contribution is -2.27. The van der Waals surface area contributed by atoms with Crippen LogP contribution >= 0.6 is 27.7 Å². The molecule has 0 spiro atoms. The molecule has 1 aliphatic rings. The predicted octanol–water partition coefficient (Wildman–Crippen LogP) is 5.26. The fourth-order valence-electron chi connectivity index (χ4n) is 3.56. The van der Waals surface area contributed by atoms with Gasteiger partial charge in [0, 0.05) is 32.9 Å². The first-order chi connectivity index (χ1) is 15.2. The van der Waals surface area contributed by atoms with Crippen molar-refractivity contribution in [2.75, 3.05) is 5.75 Å². The average Bonchev–Trinajstić information content (AvgIpc) is 2.77. The van der Waals surface area contributed by atoms with Crippen LogP contribution in [0.15, 0.2) is 74.9 Å². The number of halogens is 1. The van der Waals surface area contributed by atoms with Crippen molar-refractivity contribution in [3.8, 4) is 6.07 Å². The zero-order valence-corrected chi connectivity index (χ0v) is 19.6. The summed E-state index contributed by atoms with van der Waals surface area (Å²) in [4.78, 5) is 36.2. The lowest BCUT2D eigenvalue weighted by molar-refractivity contribution is -0.385.